The van der Waals surface area contributed by atoms with Crippen LogP contribution in [0.25, 0.3) is 0 Å². The first-order valence-electron chi connectivity index (χ1n) is 6.27. The van der Waals surface area contributed by atoms with E-state index in [0.29, 0.717) is 19.8 Å². The molecule has 1 heterocycles. The Hall–Kier alpha value is -0.260. The first-order chi connectivity index (χ1) is 8.10. The summed E-state index contributed by atoms with van der Waals surface area (Å²) in [7, 11) is 1.48. The SMILES string of the molecule is CC.COCC1(CN2CCOCC2)CC1(F)F. The van der Waals surface area contributed by atoms with Gasteiger partial charge in [-0.15, -0.1) is 0 Å². The van der Waals surface area contributed by atoms with Crippen LogP contribution in [0.5, 0.6) is 0 Å². The number of rotatable bonds is 4. The van der Waals surface area contributed by atoms with Crippen LogP contribution in [0.3, 0.4) is 0 Å². The Morgan fingerprint density at radius 3 is 2.18 bits per heavy atom. The molecule has 3 nitrogen and oxygen atoms in total. The molecule has 0 bridgehead atoms. The molecule has 1 aliphatic carbocycles. The smallest absolute Gasteiger partial charge is 0.258 e. The fraction of sp³-hybridized carbons (Fsp3) is 1.00. The average molecular weight is 251 g/mol. The van der Waals surface area contributed by atoms with Crippen LogP contribution in [0.1, 0.15) is 20.3 Å². The summed E-state index contributed by atoms with van der Waals surface area (Å²) < 4.78 is 36.6. The number of hydrogen-bond donors (Lipinski definition) is 0. The lowest BCUT2D eigenvalue weighted by atomic mass is 10.1. The van der Waals surface area contributed by atoms with Gasteiger partial charge in [-0.1, -0.05) is 13.8 Å². The maximum atomic E-state index is 13.3. The minimum Gasteiger partial charge on any atom is -0.384 e. The van der Waals surface area contributed by atoms with Gasteiger partial charge in [0.15, 0.2) is 0 Å². The van der Waals surface area contributed by atoms with E-state index in [2.05, 4.69) is 0 Å². The van der Waals surface area contributed by atoms with Crippen molar-refractivity contribution in [1.82, 2.24) is 4.90 Å². The molecule has 1 aliphatic heterocycles. The molecule has 0 aromatic rings. The molecule has 0 amide bonds. The molecular weight excluding hydrogens is 228 g/mol. The molecule has 2 rings (SSSR count). The molecule has 1 saturated carbocycles. The predicted octanol–water partition coefficient (Wildman–Crippen LogP) is 2.02. The Balaban J connectivity index is 0.000000686. The second kappa shape index (κ2) is 6.07. The highest BCUT2D eigenvalue weighted by atomic mass is 19.3. The molecule has 102 valence electrons. The minimum atomic E-state index is -2.54. The van der Waals surface area contributed by atoms with Crippen LogP contribution in [0.2, 0.25) is 0 Å². The molecule has 1 saturated heterocycles. The third-order valence-corrected chi connectivity index (χ3v) is 3.26. The average Bonchev–Trinajstić information content (AvgIpc) is 2.84. The highest BCUT2D eigenvalue weighted by molar-refractivity contribution is 5.11. The molecule has 1 unspecified atom stereocenters. The van der Waals surface area contributed by atoms with Crippen molar-refractivity contribution in [3.63, 3.8) is 0 Å². The van der Waals surface area contributed by atoms with Gasteiger partial charge < -0.3 is 9.47 Å². The van der Waals surface area contributed by atoms with Crippen molar-refractivity contribution in [3.05, 3.63) is 0 Å². The van der Waals surface area contributed by atoms with Crippen molar-refractivity contribution in [1.29, 1.82) is 0 Å². The van der Waals surface area contributed by atoms with Gasteiger partial charge in [-0.05, 0) is 0 Å². The summed E-state index contributed by atoms with van der Waals surface area (Å²) in [6, 6.07) is 0. The molecule has 0 aromatic heterocycles. The van der Waals surface area contributed by atoms with Gasteiger partial charge >= 0.3 is 0 Å². The van der Waals surface area contributed by atoms with E-state index in [1.54, 1.807) is 0 Å². The Kier molecular flexibility index (Phi) is 5.28. The molecule has 0 N–H and O–H groups in total. The molecule has 0 radical (unpaired) electrons. The normalized spacial score (nSPS) is 31.6. The van der Waals surface area contributed by atoms with Crippen LogP contribution in [0, 0.1) is 5.41 Å². The van der Waals surface area contributed by atoms with E-state index in [-0.39, 0.29) is 13.0 Å². The summed E-state index contributed by atoms with van der Waals surface area (Å²) >= 11 is 0. The van der Waals surface area contributed by atoms with Crippen LogP contribution in [-0.2, 0) is 9.47 Å². The van der Waals surface area contributed by atoms with E-state index in [1.807, 2.05) is 18.7 Å². The summed E-state index contributed by atoms with van der Waals surface area (Å²) in [5.41, 5.74) is -0.931. The van der Waals surface area contributed by atoms with E-state index in [9.17, 15) is 8.78 Å². The van der Waals surface area contributed by atoms with Crippen molar-refractivity contribution in [3.8, 4) is 0 Å². The lowest BCUT2D eigenvalue weighted by molar-refractivity contribution is -0.0196. The van der Waals surface area contributed by atoms with E-state index in [0.717, 1.165) is 13.1 Å². The second-order valence-electron chi connectivity index (χ2n) is 4.48. The van der Waals surface area contributed by atoms with Gasteiger partial charge in [-0.2, -0.15) is 0 Å². The standard InChI is InChI=1S/C10H17F2NO2.C2H6/c1-14-8-9(6-10(9,11)12)7-13-2-4-15-5-3-13;1-2/h2-8H2,1H3;1-2H3. The predicted molar refractivity (Wildman–Crippen MR) is 62.5 cm³/mol. The van der Waals surface area contributed by atoms with Crippen LogP contribution in [0.4, 0.5) is 8.78 Å². The van der Waals surface area contributed by atoms with Gasteiger partial charge in [0.1, 0.15) is 0 Å². The zero-order chi connectivity index (χ0) is 12.9. The van der Waals surface area contributed by atoms with Crippen molar-refractivity contribution < 1.29 is 18.3 Å². The van der Waals surface area contributed by atoms with Gasteiger partial charge in [0.05, 0.1) is 25.2 Å². The Morgan fingerprint density at radius 1 is 1.24 bits per heavy atom. The summed E-state index contributed by atoms with van der Waals surface area (Å²) in [6.45, 7) is 7.38. The van der Waals surface area contributed by atoms with Crippen LogP contribution in [-0.4, -0.2) is 57.4 Å². The summed E-state index contributed by atoms with van der Waals surface area (Å²) in [5, 5.41) is 0. The van der Waals surface area contributed by atoms with E-state index in [1.165, 1.54) is 7.11 Å². The van der Waals surface area contributed by atoms with Crippen molar-refractivity contribution >= 4 is 0 Å². The zero-order valence-electron chi connectivity index (χ0n) is 11.0. The molecular formula is C12H23F2NO2. The fourth-order valence-corrected chi connectivity index (χ4v) is 2.22. The number of nitrogens with zero attached hydrogens (tertiary/aromatic N) is 1. The number of halogens is 2. The first-order valence-corrected chi connectivity index (χ1v) is 6.27. The lowest BCUT2D eigenvalue weighted by Gasteiger charge is -2.30. The third kappa shape index (κ3) is 3.36. The molecule has 17 heavy (non-hydrogen) atoms. The quantitative estimate of drug-likeness (QED) is 0.763. The topological polar surface area (TPSA) is 21.7 Å². The molecule has 1 atom stereocenters. The Morgan fingerprint density at radius 2 is 1.76 bits per heavy atom. The van der Waals surface area contributed by atoms with Crippen molar-refractivity contribution in [2.45, 2.75) is 26.2 Å². The second-order valence-corrected chi connectivity index (χ2v) is 4.48. The maximum Gasteiger partial charge on any atom is 0.258 e. The fourth-order valence-electron chi connectivity index (χ4n) is 2.22. The maximum absolute atomic E-state index is 13.3. The summed E-state index contributed by atoms with van der Waals surface area (Å²) in [6.07, 6.45) is -0.0365. The lowest BCUT2D eigenvalue weighted by Crippen LogP contribution is -2.42. The Bertz CT molecular complexity index is 233. The van der Waals surface area contributed by atoms with E-state index < -0.39 is 11.3 Å². The first kappa shape index (κ1) is 14.8. The molecule has 2 fully saturated rings. The van der Waals surface area contributed by atoms with Gasteiger partial charge in [0, 0.05) is 33.2 Å². The number of methoxy groups -OCH3 is 1. The van der Waals surface area contributed by atoms with Crippen LogP contribution < -0.4 is 0 Å². The van der Waals surface area contributed by atoms with E-state index >= 15 is 0 Å². The molecule has 2 aliphatic rings. The number of hydrogen-bond acceptors (Lipinski definition) is 3. The molecule has 5 heteroatoms. The minimum absolute atomic E-state index is 0.0365. The zero-order valence-corrected chi connectivity index (χ0v) is 11.0. The highest BCUT2D eigenvalue weighted by Gasteiger charge is 2.71. The van der Waals surface area contributed by atoms with Crippen molar-refractivity contribution in [2.24, 2.45) is 5.41 Å². The van der Waals surface area contributed by atoms with Crippen molar-refractivity contribution in [2.75, 3.05) is 46.6 Å². The number of morpholine rings is 1. The largest absolute Gasteiger partial charge is 0.384 e. The van der Waals surface area contributed by atoms with Crippen LogP contribution >= 0.6 is 0 Å². The highest BCUT2D eigenvalue weighted by Crippen LogP contribution is 2.60. The summed E-state index contributed by atoms with van der Waals surface area (Å²) in [4.78, 5) is 2.05. The Labute approximate surface area is 102 Å². The van der Waals surface area contributed by atoms with E-state index in [4.69, 9.17) is 9.47 Å². The van der Waals surface area contributed by atoms with Gasteiger partial charge in [0.2, 0.25) is 0 Å². The summed E-state index contributed by atoms with van der Waals surface area (Å²) in [5.74, 6) is -2.54. The number of ether oxygens (including phenoxy) is 2. The van der Waals surface area contributed by atoms with Gasteiger partial charge in [-0.25, -0.2) is 8.78 Å². The third-order valence-electron chi connectivity index (χ3n) is 3.26. The van der Waals surface area contributed by atoms with Gasteiger partial charge in [0.25, 0.3) is 5.92 Å². The number of alkyl halides is 2. The molecule has 0 aromatic carbocycles. The van der Waals surface area contributed by atoms with Gasteiger partial charge in [-0.3, -0.25) is 4.90 Å². The monoisotopic (exact) mass is 251 g/mol. The molecule has 0 spiro atoms. The van der Waals surface area contributed by atoms with Crippen LogP contribution in [0.15, 0.2) is 0 Å².